The molecule has 3 atom stereocenters. The zero-order valence-corrected chi connectivity index (χ0v) is 13.5. The predicted octanol–water partition coefficient (Wildman–Crippen LogP) is 3.81. The molecule has 1 saturated heterocycles. The van der Waals surface area contributed by atoms with Crippen LogP contribution in [0.4, 0.5) is 0 Å². The van der Waals surface area contributed by atoms with Crippen LogP contribution >= 0.6 is 15.9 Å². The fourth-order valence-corrected chi connectivity index (χ4v) is 3.80. The minimum Gasteiger partial charge on any atom is -0.339 e. The Balaban J connectivity index is 1.49. The van der Waals surface area contributed by atoms with Gasteiger partial charge in [-0.2, -0.15) is 0 Å². The molecule has 3 heterocycles. The van der Waals surface area contributed by atoms with Gasteiger partial charge in [-0.3, -0.25) is 0 Å². The molecule has 110 valence electrons. The van der Waals surface area contributed by atoms with Crippen LogP contribution in [-0.4, -0.2) is 21.0 Å². The monoisotopic (exact) mass is 354 g/mol. The third kappa shape index (κ3) is 2.08. The smallest absolute Gasteiger partial charge is 0.123 e. The molecule has 1 saturated carbocycles. The second-order valence-corrected chi connectivity index (χ2v) is 7.19. The van der Waals surface area contributed by atoms with Crippen molar-refractivity contribution >= 4 is 26.8 Å². The third-order valence-corrected chi connectivity index (χ3v) is 5.22. The van der Waals surface area contributed by atoms with Crippen molar-refractivity contribution in [3.05, 3.63) is 46.8 Å². The fraction of sp³-hybridized carbons (Fsp3) is 0.294. The second-order valence-electron chi connectivity index (χ2n) is 6.27. The molecule has 1 aromatic carbocycles. The number of aromatic nitrogens is 3. The van der Waals surface area contributed by atoms with Gasteiger partial charge in [0.25, 0.3) is 0 Å². The third-order valence-electron chi connectivity index (χ3n) is 4.73. The van der Waals surface area contributed by atoms with E-state index in [9.17, 15) is 0 Å². The molecular formula is C17H15BrN4. The second kappa shape index (κ2) is 4.64. The van der Waals surface area contributed by atoms with E-state index in [2.05, 4.69) is 43.3 Å². The Morgan fingerprint density at radius 3 is 2.95 bits per heavy atom. The van der Waals surface area contributed by atoms with Crippen LogP contribution in [0.25, 0.3) is 22.3 Å². The number of hydrogen-bond donors (Lipinski definition) is 2. The number of imidazole rings is 1. The van der Waals surface area contributed by atoms with E-state index in [1.54, 1.807) is 0 Å². The number of pyridine rings is 1. The maximum Gasteiger partial charge on any atom is 0.123 e. The SMILES string of the molecule is Brc1ccc2nc(-c3cnc([C@@H]4C[C@H]5C[C@H]5N4)[nH]3)ccc2c1. The topological polar surface area (TPSA) is 53.6 Å². The summed E-state index contributed by atoms with van der Waals surface area (Å²) in [5.41, 5.74) is 2.93. The van der Waals surface area contributed by atoms with Crippen molar-refractivity contribution in [2.45, 2.75) is 24.9 Å². The summed E-state index contributed by atoms with van der Waals surface area (Å²) in [6.45, 7) is 0. The van der Waals surface area contributed by atoms with Gasteiger partial charge in [0.05, 0.1) is 29.1 Å². The Morgan fingerprint density at radius 2 is 2.09 bits per heavy atom. The number of fused-ring (bicyclic) bond motifs is 2. The van der Waals surface area contributed by atoms with Crippen LogP contribution in [0.1, 0.15) is 24.7 Å². The summed E-state index contributed by atoms with van der Waals surface area (Å²) in [5, 5.41) is 4.76. The predicted molar refractivity (Wildman–Crippen MR) is 89.4 cm³/mol. The zero-order valence-electron chi connectivity index (χ0n) is 11.9. The highest BCUT2D eigenvalue weighted by molar-refractivity contribution is 9.10. The molecule has 2 aliphatic rings. The molecule has 3 aromatic rings. The van der Waals surface area contributed by atoms with Crippen LogP contribution in [0, 0.1) is 5.92 Å². The quantitative estimate of drug-likeness (QED) is 0.735. The number of rotatable bonds is 2. The molecule has 0 spiro atoms. The maximum atomic E-state index is 4.74. The van der Waals surface area contributed by atoms with E-state index < -0.39 is 0 Å². The van der Waals surface area contributed by atoms with Crippen LogP contribution in [0.3, 0.4) is 0 Å². The summed E-state index contributed by atoms with van der Waals surface area (Å²) >= 11 is 3.49. The molecule has 22 heavy (non-hydrogen) atoms. The van der Waals surface area contributed by atoms with Gasteiger partial charge < -0.3 is 10.3 Å². The first kappa shape index (κ1) is 12.8. The highest BCUT2D eigenvalue weighted by Crippen LogP contribution is 2.45. The lowest BCUT2D eigenvalue weighted by molar-refractivity contribution is 0.543. The van der Waals surface area contributed by atoms with E-state index >= 15 is 0 Å². The molecule has 2 fully saturated rings. The normalized spacial score (nSPS) is 26.3. The molecule has 2 aromatic heterocycles. The molecule has 0 radical (unpaired) electrons. The van der Waals surface area contributed by atoms with Crippen LogP contribution < -0.4 is 5.32 Å². The number of aromatic amines is 1. The van der Waals surface area contributed by atoms with Gasteiger partial charge >= 0.3 is 0 Å². The molecule has 0 unspecified atom stereocenters. The van der Waals surface area contributed by atoms with Gasteiger partial charge in [-0.05, 0) is 43.0 Å². The molecular weight excluding hydrogens is 340 g/mol. The lowest BCUT2D eigenvalue weighted by atomic mass is 10.2. The average molecular weight is 355 g/mol. The summed E-state index contributed by atoms with van der Waals surface area (Å²) in [5.74, 6) is 1.91. The van der Waals surface area contributed by atoms with Crippen molar-refractivity contribution in [3.8, 4) is 11.4 Å². The van der Waals surface area contributed by atoms with Crippen molar-refractivity contribution in [2.75, 3.05) is 0 Å². The number of hydrogen-bond acceptors (Lipinski definition) is 3. The highest BCUT2D eigenvalue weighted by atomic mass is 79.9. The Morgan fingerprint density at radius 1 is 1.14 bits per heavy atom. The van der Waals surface area contributed by atoms with Gasteiger partial charge in [-0.25, -0.2) is 9.97 Å². The summed E-state index contributed by atoms with van der Waals surface area (Å²) in [7, 11) is 0. The first-order valence-electron chi connectivity index (χ1n) is 7.64. The summed E-state index contributed by atoms with van der Waals surface area (Å²) < 4.78 is 1.07. The zero-order chi connectivity index (χ0) is 14.7. The van der Waals surface area contributed by atoms with E-state index in [1.165, 1.54) is 12.8 Å². The standard InChI is InChI=1S/C17H15BrN4/c18-11-2-4-12-9(5-11)1-3-13(20-12)16-8-19-17(22-16)15-7-10-6-14(10)21-15/h1-5,8,10,14-15,21H,6-7H2,(H,19,22)/t10-,14-,15+/m1/s1. The first-order valence-corrected chi connectivity index (χ1v) is 8.43. The van der Waals surface area contributed by atoms with E-state index in [0.29, 0.717) is 6.04 Å². The van der Waals surface area contributed by atoms with Gasteiger partial charge in [0.15, 0.2) is 0 Å². The van der Waals surface area contributed by atoms with Crippen LogP contribution in [-0.2, 0) is 0 Å². The number of nitrogens with one attached hydrogen (secondary N) is 2. The number of halogens is 1. The van der Waals surface area contributed by atoms with Gasteiger partial charge in [-0.1, -0.05) is 22.0 Å². The Hall–Kier alpha value is -1.72. The highest BCUT2D eigenvalue weighted by Gasteiger charge is 2.46. The van der Waals surface area contributed by atoms with Crippen LogP contribution in [0.5, 0.6) is 0 Å². The van der Waals surface area contributed by atoms with E-state index in [4.69, 9.17) is 4.98 Å². The molecule has 2 N–H and O–H groups in total. The lowest BCUT2D eigenvalue weighted by Gasteiger charge is -2.09. The fourth-order valence-electron chi connectivity index (χ4n) is 3.42. The summed E-state index contributed by atoms with van der Waals surface area (Å²) in [4.78, 5) is 12.7. The first-order chi connectivity index (χ1) is 10.8. The van der Waals surface area contributed by atoms with Crippen molar-refractivity contribution in [3.63, 3.8) is 0 Å². The van der Waals surface area contributed by atoms with E-state index in [1.807, 2.05) is 24.4 Å². The number of benzene rings is 1. The van der Waals surface area contributed by atoms with Crippen LogP contribution in [0.15, 0.2) is 41.0 Å². The molecule has 1 aliphatic heterocycles. The Kier molecular flexibility index (Phi) is 2.69. The molecule has 5 heteroatoms. The number of H-pyrrole nitrogens is 1. The van der Waals surface area contributed by atoms with Crippen molar-refractivity contribution in [1.82, 2.24) is 20.3 Å². The van der Waals surface area contributed by atoms with Crippen molar-refractivity contribution < 1.29 is 0 Å². The largest absolute Gasteiger partial charge is 0.339 e. The number of piperidine rings is 1. The van der Waals surface area contributed by atoms with Crippen molar-refractivity contribution in [2.24, 2.45) is 5.92 Å². The van der Waals surface area contributed by atoms with Gasteiger partial charge in [0.1, 0.15) is 5.82 Å². The Bertz CT molecular complexity index is 862. The van der Waals surface area contributed by atoms with E-state index in [-0.39, 0.29) is 0 Å². The average Bonchev–Trinajstić information content (AvgIpc) is 2.96. The lowest BCUT2D eigenvalue weighted by Crippen LogP contribution is -2.18. The minimum atomic E-state index is 0.383. The summed E-state index contributed by atoms with van der Waals surface area (Å²) in [6.07, 6.45) is 4.44. The minimum absolute atomic E-state index is 0.383. The molecule has 0 amide bonds. The maximum absolute atomic E-state index is 4.74. The summed E-state index contributed by atoms with van der Waals surface area (Å²) in [6, 6.07) is 11.4. The molecule has 0 bridgehead atoms. The molecule has 4 nitrogen and oxygen atoms in total. The number of nitrogens with zero attached hydrogens (tertiary/aromatic N) is 2. The molecule has 1 aliphatic carbocycles. The van der Waals surface area contributed by atoms with Crippen molar-refractivity contribution in [1.29, 1.82) is 0 Å². The van der Waals surface area contributed by atoms with Gasteiger partial charge in [0.2, 0.25) is 0 Å². The Labute approximate surface area is 136 Å². The van der Waals surface area contributed by atoms with Gasteiger partial charge in [0, 0.05) is 15.9 Å². The van der Waals surface area contributed by atoms with E-state index in [0.717, 1.165) is 44.5 Å². The van der Waals surface area contributed by atoms with Crippen LogP contribution in [0.2, 0.25) is 0 Å². The molecule has 5 rings (SSSR count). The van der Waals surface area contributed by atoms with Gasteiger partial charge in [-0.15, -0.1) is 0 Å².